The Labute approximate surface area is 155 Å². The summed E-state index contributed by atoms with van der Waals surface area (Å²) in [5.74, 6) is -0.376. The fourth-order valence-corrected chi connectivity index (χ4v) is 2.60. The lowest BCUT2D eigenvalue weighted by Crippen LogP contribution is -2.22. The number of pyridine rings is 1. The van der Waals surface area contributed by atoms with Crippen LogP contribution in [0.25, 0.3) is 0 Å². The smallest absolute Gasteiger partial charge is 0.270 e. The third-order valence-corrected chi connectivity index (χ3v) is 4.05. The lowest BCUT2D eigenvalue weighted by molar-refractivity contribution is -0.384. The summed E-state index contributed by atoms with van der Waals surface area (Å²) >= 11 is 0. The van der Waals surface area contributed by atoms with Crippen LogP contribution in [0.1, 0.15) is 21.5 Å². The molecule has 0 unspecified atom stereocenters. The normalized spacial score (nSPS) is 10.4. The highest BCUT2D eigenvalue weighted by Gasteiger charge is 2.11. The average molecular weight is 363 g/mol. The number of nitrogens with one attached hydrogen (secondary N) is 1. The molecule has 7 heteroatoms. The van der Waals surface area contributed by atoms with E-state index in [0.29, 0.717) is 13.1 Å². The Bertz CT molecular complexity index is 1030. The maximum absolute atomic E-state index is 12.2. The van der Waals surface area contributed by atoms with E-state index in [1.165, 1.54) is 30.3 Å². The van der Waals surface area contributed by atoms with Crippen LogP contribution in [-0.4, -0.2) is 15.4 Å². The van der Waals surface area contributed by atoms with Gasteiger partial charge in [-0.25, -0.2) is 0 Å². The third-order valence-electron chi connectivity index (χ3n) is 4.05. The van der Waals surface area contributed by atoms with Crippen molar-refractivity contribution in [2.45, 2.75) is 13.1 Å². The van der Waals surface area contributed by atoms with Gasteiger partial charge >= 0.3 is 0 Å². The Hall–Kier alpha value is -3.74. The summed E-state index contributed by atoms with van der Waals surface area (Å²) in [5, 5.41) is 13.5. The molecule has 1 heterocycles. The maximum atomic E-state index is 12.2. The van der Waals surface area contributed by atoms with E-state index in [1.807, 2.05) is 24.3 Å². The standard InChI is InChI=1S/C20H17N3O4/c24-19-6-1-2-11-22(19)14-16-9-7-15(8-10-16)13-21-20(25)17-4-3-5-18(12-17)23(26)27/h1-12H,13-14H2,(H,21,25). The molecule has 1 N–H and O–H groups in total. The van der Waals surface area contributed by atoms with Crippen molar-refractivity contribution in [2.75, 3.05) is 0 Å². The molecule has 0 aliphatic rings. The molecule has 3 rings (SSSR count). The van der Waals surface area contributed by atoms with Crippen LogP contribution in [0.3, 0.4) is 0 Å². The van der Waals surface area contributed by atoms with E-state index in [0.717, 1.165) is 11.1 Å². The van der Waals surface area contributed by atoms with Gasteiger partial charge in [-0.3, -0.25) is 19.7 Å². The first-order valence-corrected chi connectivity index (χ1v) is 8.29. The molecule has 0 saturated heterocycles. The molecule has 0 spiro atoms. The molecule has 7 nitrogen and oxygen atoms in total. The molecule has 1 amide bonds. The van der Waals surface area contributed by atoms with E-state index < -0.39 is 4.92 Å². The van der Waals surface area contributed by atoms with Crippen LogP contribution in [0.5, 0.6) is 0 Å². The Morgan fingerprint density at radius 2 is 1.74 bits per heavy atom. The minimum Gasteiger partial charge on any atom is -0.348 e. The first kappa shape index (κ1) is 18.1. The van der Waals surface area contributed by atoms with Crippen LogP contribution in [0.2, 0.25) is 0 Å². The van der Waals surface area contributed by atoms with Crippen LogP contribution < -0.4 is 10.9 Å². The maximum Gasteiger partial charge on any atom is 0.270 e. The molecule has 0 aliphatic carbocycles. The fourth-order valence-electron chi connectivity index (χ4n) is 2.60. The number of carbonyl (C=O) groups excluding carboxylic acids is 1. The first-order valence-electron chi connectivity index (χ1n) is 8.29. The van der Waals surface area contributed by atoms with Gasteiger partial charge in [0.25, 0.3) is 17.2 Å². The fraction of sp³-hybridized carbons (Fsp3) is 0.100. The summed E-state index contributed by atoms with van der Waals surface area (Å²) in [4.78, 5) is 34.2. The van der Waals surface area contributed by atoms with Crippen molar-refractivity contribution in [2.24, 2.45) is 0 Å². The molecular formula is C20H17N3O4. The van der Waals surface area contributed by atoms with Gasteiger partial charge in [-0.15, -0.1) is 0 Å². The van der Waals surface area contributed by atoms with Crippen molar-refractivity contribution in [1.29, 1.82) is 0 Å². The van der Waals surface area contributed by atoms with Crippen LogP contribution in [-0.2, 0) is 13.1 Å². The highest BCUT2D eigenvalue weighted by Crippen LogP contribution is 2.13. The summed E-state index contributed by atoms with van der Waals surface area (Å²) < 4.78 is 1.61. The topological polar surface area (TPSA) is 94.2 Å². The number of non-ortho nitro benzene ring substituents is 1. The van der Waals surface area contributed by atoms with Crippen molar-refractivity contribution in [3.05, 3.63) is 110 Å². The second-order valence-corrected chi connectivity index (χ2v) is 5.97. The van der Waals surface area contributed by atoms with Gasteiger partial charge in [-0.05, 0) is 23.3 Å². The number of nitro benzene ring substituents is 1. The molecule has 1 aromatic heterocycles. The minimum absolute atomic E-state index is 0.0641. The number of amides is 1. The van der Waals surface area contributed by atoms with Gasteiger partial charge in [0, 0.05) is 36.5 Å². The number of carbonyl (C=O) groups is 1. The number of nitrogens with zero attached hydrogens (tertiary/aromatic N) is 2. The van der Waals surface area contributed by atoms with Gasteiger partial charge in [0.1, 0.15) is 0 Å². The molecule has 2 aromatic carbocycles. The number of benzene rings is 2. The van der Waals surface area contributed by atoms with Gasteiger partial charge in [0.05, 0.1) is 11.5 Å². The predicted octanol–water partition coefficient (Wildman–Crippen LogP) is 2.73. The molecule has 0 bridgehead atoms. The summed E-state index contributed by atoms with van der Waals surface area (Å²) in [6.07, 6.45) is 1.73. The van der Waals surface area contributed by atoms with Crippen molar-refractivity contribution in [1.82, 2.24) is 9.88 Å². The third kappa shape index (κ3) is 4.66. The summed E-state index contributed by atoms with van der Waals surface area (Å²) in [5.41, 5.74) is 1.91. The van der Waals surface area contributed by atoms with Crippen LogP contribution in [0.4, 0.5) is 5.69 Å². The number of hydrogen-bond acceptors (Lipinski definition) is 4. The minimum atomic E-state index is -0.534. The molecule has 0 atom stereocenters. The van der Waals surface area contributed by atoms with Crippen molar-refractivity contribution >= 4 is 11.6 Å². The largest absolute Gasteiger partial charge is 0.348 e. The van der Waals surface area contributed by atoms with Crippen molar-refractivity contribution < 1.29 is 9.72 Å². The monoisotopic (exact) mass is 363 g/mol. The van der Waals surface area contributed by atoms with Crippen molar-refractivity contribution in [3.8, 4) is 0 Å². The van der Waals surface area contributed by atoms with Crippen LogP contribution in [0, 0.1) is 10.1 Å². The van der Waals surface area contributed by atoms with E-state index in [-0.39, 0.29) is 22.7 Å². The van der Waals surface area contributed by atoms with Crippen LogP contribution in [0.15, 0.2) is 77.7 Å². The van der Waals surface area contributed by atoms with Crippen LogP contribution >= 0.6 is 0 Å². The Balaban J connectivity index is 1.61. The lowest BCUT2D eigenvalue weighted by Gasteiger charge is -2.08. The highest BCUT2D eigenvalue weighted by atomic mass is 16.6. The molecular weight excluding hydrogens is 346 g/mol. The number of rotatable bonds is 6. The summed E-state index contributed by atoms with van der Waals surface area (Å²) in [6, 6.07) is 18.2. The molecule has 0 fully saturated rings. The van der Waals surface area contributed by atoms with E-state index in [9.17, 15) is 19.7 Å². The van der Waals surface area contributed by atoms with E-state index in [1.54, 1.807) is 22.9 Å². The summed E-state index contributed by atoms with van der Waals surface area (Å²) in [7, 11) is 0. The zero-order valence-electron chi connectivity index (χ0n) is 14.4. The number of aromatic nitrogens is 1. The first-order chi connectivity index (χ1) is 13.0. The second-order valence-electron chi connectivity index (χ2n) is 5.97. The lowest BCUT2D eigenvalue weighted by atomic mass is 10.1. The zero-order chi connectivity index (χ0) is 19.2. The molecule has 0 saturated carbocycles. The van der Waals surface area contributed by atoms with Gasteiger partial charge in [0.15, 0.2) is 0 Å². The Morgan fingerprint density at radius 1 is 1.00 bits per heavy atom. The SMILES string of the molecule is O=C(NCc1ccc(Cn2ccccc2=O)cc1)c1cccc([N+](=O)[O-])c1. The molecule has 3 aromatic rings. The van der Waals surface area contributed by atoms with Crippen molar-refractivity contribution in [3.63, 3.8) is 0 Å². The predicted molar refractivity (Wildman–Crippen MR) is 101 cm³/mol. The molecule has 136 valence electrons. The molecule has 0 aliphatic heterocycles. The Morgan fingerprint density at radius 3 is 2.44 bits per heavy atom. The van der Waals surface area contributed by atoms with Gasteiger partial charge in [-0.2, -0.15) is 0 Å². The van der Waals surface area contributed by atoms with E-state index in [4.69, 9.17) is 0 Å². The second kappa shape index (κ2) is 8.09. The van der Waals surface area contributed by atoms with Gasteiger partial charge < -0.3 is 9.88 Å². The average Bonchev–Trinajstić information content (AvgIpc) is 2.69. The Kier molecular flexibility index (Phi) is 5.41. The highest BCUT2D eigenvalue weighted by molar-refractivity contribution is 5.94. The zero-order valence-corrected chi connectivity index (χ0v) is 14.4. The van der Waals surface area contributed by atoms with E-state index in [2.05, 4.69) is 5.32 Å². The van der Waals surface area contributed by atoms with Gasteiger partial charge in [0.2, 0.25) is 0 Å². The van der Waals surface area contributed by atoms with E-state index >= 15 is 0 Å². The number of nitro groups is 1. The quantitative estimate of drug-likeness (QED) is 0.538. The number of hydrogen-bond donors (Lipinski definition) is 1. The molecule has 0 radical (unpaired) electrons. The molecule has 27 heavy (non-hydrogen) atoms. The van der Waals surface area contributed by atoms with Gasteiger partial charge in [-0.1, -0.05) is 36.4 Å². The summed E-state index contributed by atoms with van der Waals surface area (Å²) in [6.45, 7) is 0.771.